The molecule has 0 spiro atoms. The number of aromatic nitrogens is 2. The lowest BCUT2D eigenvalue weighted by molar-refractivity contribution is -0.143. The van der Waals surface area contributed by atoms with Crippen molar-refractivity contribution >= 4 is 27.5 Å². The lowest BCUT2D eigenvalue weighted by Crippen LogP contribution is -2.47. The molecule has 1 aromatic carbocycles. The molecule has 1 fully saturated rings. The summed E-state index contributed by atoms with van der Waals surface area (Å²) in [6.07, 6.45) is -2.16. The van der Waals surface area contributed by atoms with Crippen LogP contribution < -0.4 is 0 Å². The Kier molecular flexibility index (Phi) is 6.17. The standard InChI is InChI=1S/C18H20ClF3N4O3S/c1-24(30(2,28)29)13-6-8-25(9-7-13)17(27)15-11-23-26(16(15)18(20,21)22)14-5-3-4-12(19)10-14/h3-5,10-11,13H,6-9H2,1-2H3. The van der Waals surface area contributed by atoms with Gasteiger partial charge in [0.2, 0.25) is 10.0 Å². The van der Waals surface area contributed by atoms with Crippen LogP contribution in [-0.2, 0) is 16.2 Å². The minimum absolute atomic E-state index is 0.0855. The summed E-state index contributed by atoms with van der Waals surface area (Å²) in [5, 5.41) is 4.03. The lowest BCUT2D eigenvalue weighted by atomic mass is 10.0. The van der Waals surface area contributed by atoms with Crippen molar-refractivity contribution in [1.29, 1.82) is 0 Å². The van der Waals surface area contributed by atoms with E-state index in [9.17, 15) is 26.4 Å². The number of piperidine rings is 1. The Labute approximate surface area is 177 Å². The van der Waals surface area contributed by atoms with Crippen LogP contribution in [0.5, 0.6) is 0 Å². The molecule has 0 radical (unpaired) electrons. The number of nitrogens with zero attached hydrogens (tertiary/aromatic N) is 4. The third kappa shape index (κ3) is 4.62. The van der Waals surface area contributed by atoms with E-state index in [-0.39, 0.29) is 29.8 Å². The topological polar surface area (TPSA) is 75.5 Å². The van der Waals surface area contributed by atoms with Crippen LogP contribution in [-0.4, -0.2) is 65.7 Å². The van der Waals surface area contributed by atoms with Crippen LogP contribution >= 0.6 is 11.6 Å². The summed E-state index contributed by atoms with van der Waals surface area (Å²) in [7, 11) is -1.94. The fourth-order valence-corrected chi connectivity index (χ4v) is 4.39. The number of hydrogen-bond acceptors (Lipinski definition) is 4. The fourth-order valence-electron chi connectivity index (χ4n) is 3.46. The van der Waals surface area contributed by atoms with Crippen molar-refractivity contribution in [2.24, 2.45) is 0 Å². The summed E-state index contributed by atoms with van der Waals surface area (Å²) >= 11 is 5.88. The van der Waals surface area contributed by atoms with E-state index in [2.05, 4.69) is 5.10 Å². The van der Waals surface area contributed by atoms with Crippen LogP contribution in [0.15, 0.2) is 30.5 Å². The van der Waals surface area contributed by atoms with E-state index in [1.807, 2.05) is 0 Å². The third-order valence-corrected chi connectivity index (χ3v) is 6.69. The minimum atomic E-state index is -4.82. The molecule has 3 rings (SSSR count). The molecule has 1 amide bonds. The van der Waals surface area contributed by atoms with Gasteiger partial charge < -0.3 is 4.90 Å². The molecule has 30 heavy (non-hydrogen) atoms. The van der Waals surface area contributed by atoms with E-state index in [0.29, 0.717) is 17.5 Å². The summed E-state index contributed by atoms with van der Waals surface area (Å²) in [6, 6.07) is 5.44. The molecule has 2 aromatic rings. The molecule has 7 nitrogen and oxygen atoms in total. The number of carbonyl (C=O) groups excluding carboxylic acids is 1. The van der Waals surface area contributed by atoms with Gasteiger partial charge in [-0.05, 0) is 31.0 Å². The van der Waals surface area contributed by atoms with Gasteiger partial charge in [-0.15, -0.1) is 0 Å². The van der Waals surface area contributed by atoms with Crippen LogP contribution in [0.4, 0.5) is 13.2 Å². The van der Waals surface area contributed by atoms with Gasteiger partial charge in [-0.1, -0.05) is 17.7 Å². The third-order valence-electron chi connectivity index (χ3n) is 5.11. The average molecular weight is 465 g/mol. The highest BCUT2D eigenvalue weighted by atomic mass is 35.5. The van der Waals surface area contributed by atoms with Gasteiger partial charge >= 0.3 is 6.18 Å². The smallest absolute Gasteiger partial charge is 0.338 e. The van der Waals surface area contributed by atoms with E-state index >= 15 is 0 Å². The molecule has 0 N–H and O–H groups in total. The molecular formula is C18H20ClF3N4O3S. The Morgan fingerprint density at radius 1 is 1.27 bits per heavy atom. The fraction of sp³-hybridized carbons (Fsp3) is 0.444. The highest BCUT2D eigenvalue weighted by Crippen LogP contribution is 2.35. The Hall–Kier alpha value is -2.11. The summed E-state index contributed by atoms with van der Waals surface area (Å²) in [6.45, 7) is 0.284. The average Bonchev–Trinajstić information content (AvgIpc) is 3.12. The first-order chi connectivity index (χ1) is 13.9. The summed E-state index contributed by atoms with van der Waals surface area (Å²) in [4.78, 5) is 14.2. The number of amides is 1. The van der Waals surface area contributed by atoms with Gasteiger partial charge in [-0.3, -0.25) is 4.79 Å². The predicted molar refractivity (Wildman–Crippen MR) is 105 cm³/mol. The van der Waals surface area contributed by atoms with Crippen molar-refractivity contribution in [2.75, 3.05) is 26.4 Å². The Morgan fingerprint density at radius 2 is 1.90 bits per heavy atom. The van der Waals surface area contributed by atoms with Crippen LogP contribution in [0, 0.1) is 0 Å². The highest BCUT2D eigenvalue weighted by Gasteiger charge is 2.42. The predicted octanol–water partition coefficient (Wildman–Crippen LogP) is 3.04. The largest absolute Gasteiger partial charge is 0.434 e. The van der Waals surface area contributed by atoms with E-state index in [0.717, 1.165) is 12.5 Å². The first-order valence-electron chi connectivity index (χ1n) is 9.03. The van der Waals surface area contributed by atoms with Crippen LogP contribution in [0.25, 0.3) is 5.69 Å². The van der Waals surface area contributed by atoms with Gasteiger partial charge in [-0.2, -0.15) is 18.3 Å². The maximum atomic E-state index is 13.8. The minimum Gasteiger partial charge on any atom is -0.338 e. The van der Waals surface area contributed by atoms with Crippen LogP contribution in [0.2, 0.25) is 5.02 Å². The van der Waals surface area contributed by atoms with Gasteiger partial charge in [0.25, 0.3) is 5.91 Å². The normalized spacial score (nSPS) is 16.3. The first-order valence-corrected chi connectivity index (χ1v) is 11.3. The second-order valence-corrected chi connectivity index (χ2v) is 9.58. The Bertz CT molecular complexity index is 1050. The molecule has 1 saturated heterocycles. The Balaban J connectivity index is 1.87. The molecule has 0 aliphatic carbocycles. The van der Waals surface area contributed by atoms with Crippen LogP contribution in [0.1, 0.15) is 28.9 Å². The zero-order chi connectivity index (χ0) is 22.3. The lowest BCUT2D eigenvalue weighted by Gasteiger charge is -2.35. The van der Waals surface area contributed by atoms with Crippen molar-refractivity contribution in [3.8, 4) is 5.69 Å². The summed E-state index contributed by atoms with van der Waals surface area (Å²) in [5.41, 5.74) is -1.65. The van der Waals surface area contributed by atoms with E-state index in [1.165, 1.54) is 40.5 Å². The van der Waals surface area contributed by atoms with Gasteiger partial charge in [0.15, 0.2) is 5.69 Å². The quantitative estimate of drug-likeness (QED) is 0.697. The van der Waals surface area contributed by atoms with Crippen molar-refractivity contribution in [1.82, 2.24) is 19.0 Å². The molecule has 1 aromatic heterocycles. The Morgan fingerprint density at radius 3 is 2.43 bits per heavy atom. The first kappa shape index (κ1) is 22.6. The van der Waals surface area contributed by atoms with Gasteiger partial charge in [-0.25, -0.2) is 17.4 Å². The number of likely N-dealkylation sites (tertiary alicyclic amines) is 1. The number of rotatable bonds is 4. The van der Waals surface area contributed by atoms with Crippen molar-refractivity contribution in [3.63, 3.8) is 0 Å². The van der Waals surface area contributed by atoms with E-state index < -0.39 is 33.4 Å². The number of alkyl halides is 3. The number of sulfonamides is 1. The van der Waals surface area contributed by atoms with E-state index in [1.54, 1.807) is 0 Å². The molecule has 0 saturated carbocycles. The molecule has 1 aliphatic rings. The summed E-state index contributed by atoms with van der Waals surface area (Å²) < 4.78 is 66.7. The molecule has 0 atom stereocenters. The van der Waals surface area contributed by atoms with Crippen molar-refractivity contribution in [3.05, 3.63) is 46.7 Å². The maximum Gasteiger partial charge on any atom is 0.434 e. The van der Waals surface area contributed by atoms with E-state index in [4.69, 9.17) is 11.6 Å². The van der Waals surface area contributed by atoms with Crippen LogP contribution in [0.3, 0.4) is 0 Å². The number of halogens is 4. The van der Waals surface area contributed by atoms with Gasteiger partial charge in [0.05, 0.1) is 23.7 Å². The van der Waals surface area contributed by atoms with Crippen molar-refractivity contribution in [2.45, 2.75) is 25.1 Å². The molecule has 1 aliphatic heterocycles. The second kappa shape index (κ2) is 8.20. The molecule has 164 valence electrons. The number of benzene rings is 1. The zero-order valence-corrected chi connectivity index (χ0v) is 17.8. The molecule has 12 heteroatoms. The molecule has 0 bridgehead atoms. The van der Waals surface area contributed by atoms with Gasteiger partial charge in [0.1, 0.15) is 0 Å². The summed E-state index contributed by atoms with van der Waals surface area (Å²) in [5.74, 6) is -0.795. The number of carbonyl (C=O) groups is 1. The second-order valence-electron chi connectivity index (χ2n) is 7.10. The highest BCUT2D eigenvalue weighted by molar-refractivity contribution is 7.88. The zero-order valence-electron chi connectivity index (χ0n) is 16.2. The maximum absolute atomic E-state index is 13.8. The van der Waals surface area contributed by atoms with Gasteiger partial charge in [0, 0.05) is 31.2 Å². The monoisotopic (exact) mass is 464 g/mol. The number of hydrogen-bond donors (Lipinski definition) is 0. The molecular weight excluding hydrogens is 445 g/mol. The molecule has 0 unspecified atom stereocenters. The molecule has 2 heterocycles. The SMILES string of the molecule is CN(C1CCN(C(=O)c2cnn(-c3cccc(Cl)c3)c2C(F)(F)F)CC1)S(C)(=O)=O. The van der Waals surface area contributed by atoms with Crippen molar-refractivity contribution < 1.29 is 26.4 Å².